The highest BCUT2D eigenvalue weighted by atomic mass is 32.2. The molecule has 2 aromatic rings. The van der Waals surface area contributed by atoms with E-state index in [4.69, 9.17) is 15.3 Å². The zero-order valence-electron chi connectivity index (χ0n) is 17.7. The molecule has 10 heteroatoms. The predicted octanol–water partition coefficient (Wildman–Crippen LogP) is 2.65. The fourth-order valence-electron chi connectivity index (χ4n) is 3.23. The molecule has 3 rings (SSSR count). The molecule has 0 radical (unpaired) electrons. The van der Waals surface area contributed by atoms with Crippen LogP contribution in [0.4, 0.5) is 11.5 Å². The van der Waals surface area contributed by atoms with Gasteiger partial charge in [0.2, 0.25) is 0 Å². The number of oxime groups is 1. The van der Waals surface area contributed by atoms with E-state index >= 15 is 0 Å². The van der Waals surface area contributed by atoms with E-state index in [-0.39, 0.29) is 0 Å². The second-order valence-electron chi connectivity index (χ2n) is 7.05. The second kappa shape index (κ2) is 11.0. The van der Waals surface area contributed by atoms with Crippen molar-refractivity contribution in [1.29, 1.82) is 0 Å². The van der Waals surface area contributed by atoms with Gasteiger partial charge in [0.05, 0.1) is 18.5 Å². The Morgan fingerprint density at radius 1 is 1.16 bits per heavy atom. The van der Waals surface area contributed by atoms with Crippen LogP contribution >= 0.6 is 0 Å². The molecule has 31 heavy (non-hydrogen) atoms. The number of benzene rings is 1. The Balaban J connectivity index is 1.36. The van der Waals surface area contributed by atoms with E-state index in [9.17, 15) is 8.42 Å². The number of aromatic nitrogens is 1. The number of hydrogen-bond acceptors (Lipinski definition) is 7. The molecule has 1 aromatic heterocycles. The first kappa shape index (κ1) is 22.8. The minimum atomic E-state index is -3.51. The summed E-state index contributed by atoms with van der Waals surface area (Å²) in [6.45, 7) is 4.39. The second-order valence-corrected chi connectivity index (χ2v) is 8.90. The molecule has 0 aliphatic carbocycles. The molecule has 2 heterocycles. The van der Waals surface area contributed by atoms with Gasteiger partial charge in [0, 0.05) is 31.9 Å². The summed E-state index contributed by atoms with van der Waals surface area (Å²) in [5.41, 5.74) is 7.18. The summed E-state index contributed by atoms with van der Waals surface area (Å²) >= 11 is 0. The molecule has 0 saturated carbocycles. The van der Waals surface area contributed by atoms with Crippen molar-refractivity contribution in [2.75, 3.05) is 42.9 Å². The zero-order valence-corrected chi connectivity index (χ0v) is 18.5. The third-order valence-corrected chi connectivity index (χ3v) is 6.78. The number of anilines is 2. The van der Waals surface area contributed by atoms with Crippen LogP contribution < -0.4 is 14.8 Å². The largest absolute Gasteiger partial charge is 0.494 e. The Hall–Kier alpha value is -2.85. The number of nitrogens with zero attached hydrogens (tertiary/aromatic N) is 4. The van der Waals surface area contributed by atoms with Crippen LogP contribution in [0.25, 0.3) is 0 Å². The molecule has 0 spiro atoms. The number of hydrogen-bond donors (Lipinski definition) is 1. The highest BCUT2D eigenvalue weighted by Gasteiger charge is 2.36. The number of unbranched alkanes of at least 4 members (excludes halogenated alkanes) is 2. The van der Waals surface area contributed by atoms with Crippen molar-refractivity contribution in [3.8, 4) is 5.75 Å². The molecule has 1 aliphatic heterocycles. The number of nitrogen functional groups attached to an aromatic ring is 1. The average Bonchev–Trinajstić information content (AvgIpc) is 3.05. The predicted molar refractivity (Wildman–Crippen MR) is 121 cm³/mol. The maximum Gasteiger partial charge on any atom is 0.304 e. The van der Waals surface area contributed by atoms with Gasteiger partial charge in [-0.05, 0) is 62.1 Å². The van der Waals surface area contributed by atoms with Crippen LogP contribution in [0.2, 0.25) is 0 Å². The maximum atomic E-state index is 12.8. The van der Waals surface area contributed by atoms with Crippen LogP contribution in [-0.2, 0) is 15.0 Å². The Morgan fingerprint density at radius 2 is 1.97 bits per heavy atom. The lowest BCUT2D eigenvalue weighted by molar-refractivity contribution is 0.160. The van der Waals surface area contributed by atoms with E-state index in [1.807, 2.05) is 31.2 Å². The highest BCUT2D eigenvalue weighted by molar-refractivity contribution is 7.90. The van der Waals surface area contributed by atoms with Crippen molar-refractivity contribution in [1.82, 2.24) is 9.29 Å². The third kappa shape index (κ3) is 6.31. The van der Waals surface area contributed by atoms with Gasteiger partial charge in [-0.3, -0.25) is 4.31 Å². The van der Waals surface area contributed by atoms with Gasteiger partial charge in [-0.2, -0.15) is 12.7 Å². The summed E-state index contributed by atoms with van der Waals surface area (Å²) in [4.78, 5) is 8.86. The van der Waals surface area contributed by atoms with E-state index in [1.165, 1.54) is 14.8 Å². The van der Waals surface area contributed by atoms with Gasteiger partial charge >= 0.3 is 10.2 Å². The lowest BCUT2D eigenvalue weighted by Crippen LogP contribution is -2.33. The summed E-state index contributed by atoms with van der Waals surface area (Å²) in [6, 6.07) is 10.9. The molecule has 2 N–H and O–H groups in total. The Labute approximate surface area is 183 Å². The zero-order chi connectivity index (χ0) is 22.1. The minimum absolute atomic E-state index is 0.305. The van der Waals surface area contributed by atoms with Gasteiger partial charge in [0.15, 0.2) is 0 Å². The van der Waals surface area contributed by atoms with Crippen LogP contribution in [0.5, 0.6) is 5.75 Å². The third-order valence-electron chi connectivity index (χ3n) is 4.82. The van der Waals surface area contributed by atoms with Gasteiger partial charge in [-0.25, -0.2) is 4.98 Å². The topological polar surface area (TPSA) is 110 Å². The standard InChI is InChI=1S/C21H29N5O4S/c1-2-30-24-17-18-6-8-20(9-7-18)29-15-5-3-4-12-25-13-14-26(31(25,27)28)19-10-11-23-21(22)16-19/h6-11,16-17H,2-5,12-15H2,1H3,(H2,22,23)/b24-17+. The molecule has 1 aromatic carbocycles. The van der Waals surface area contributed by atoms with Crippen LogP contribution in [0.1, 0.15) is 31.7 Å². The molecule has 168 valence electrons. The van der Waals surface area contributed by atoms with Gasteiger partial charge < -0.3 is 15.3 Å². The highest BCUT2D eigenvalue weighted by Crippen LogP contribution is 2.26. The Morgan fingerprint density at radius 3 is 2.71 bits per heavy atom. The van der Waals surface area contributed by atoms with Crippen LogP contribution in [-0.4, -0.2) is 56.8 Å². The summed E-state index contributed by atoms with van der Waals surface area (Å²) in [5.74, 6) is 1.10. The number of nitrogens with two attached hydrogens (primary N) is 1. The van der Waals surface area contributed by atoms with Gasteiger partial charge in [0.25, 0.3) is 0 Å². The number of pyridine rings is 1. The summed E-state index contributed by atoms with van der Waals surface area (Å²) in [7, 11) is -3.51. The molecule has 1 fully saturated rings. The SMILES string of the molecule is CCO/N=C/c1ccc(OCCCCCN2CCN(c3ccnc(N)c3)S2(=O)=O)cc1. The summed E-state index contributed by atoms with van der Waals surface area (Å²) in [6.07, 6.45) is 5.69. The normalized spacial score (nSPS) is 16.1. The molecule has 0 unspecified atom stereocenters. The smallest absolute Gasteiger partial charge is 0.304 e. The van der Waals surface area contributed by atoms with Crippen molar-refractivity contribution >= 4 is 27.9 Å². The van der Waals surface area contributed by atoms with E-state index in [0.717, 1.165) is 30.6 Å². The average molecular weight is 448 g/mol. The first-order valence-electron chi connectivity index (χ1n) is 10.4. The number of ether oxygens (including phenoxy) is 1. The van der Waals surface area contributed by atoms with Crippen molar-refractivity contribution < 1.29 is 18.0 Å². The monoisotopic (exact) mass is 447 g/mol. The molecular weight excluding hydrogens is 418 g/mol. The van der Waals surface area contributed by atoms with Crippen molar-refractivity contribution in [3.63, 3.8) is 0 Å². The fraction of sp³-hybridized carbons (Fsp3) is 0.429. The van der Waals surface area contributed by atoms with Gasteiger partial charge in [-0.15, -0.1) is 0 Å². The van der Waals surface area contributed by atoms with Crippen molar-refractivity contribution in [2.45, 2.75) is 26.2 Å². The van der Waals surface area contributed by atoms with E-state index < -0.39 is 10.2 Å². The molecule has 1 saturated heterocycles. The van der Waals surface area contributed by atoms with Gasteiger partial charge in [-0.1, -0.05) is 5.16 Å². The van der Waals surface area contributed by atoms with Crippen LogP contribution in [0.15, 0.2) is 47.8 Å². The quantitative estimate of drug-likeness (QED) is 0.322. The Bertz CT molecular complexity index is 966. The molecule has 0 bridgehead atoms. The van der Waals surface area contributed by atoms with E-state index in [1.54, 1.807) is 18.3 Å². The molecule has 0 atom stereocenters. The Kier molecular flexibility index (Phi) is 8.07. The van der Waals surface area contributed by atoms with Crippen molar-refractivity contribution in [3.05, 3.63) is 48.2 Å². The van der Waals surface area contributed by atoms with Crippen LogP contribution in [0, 0.1) is 0 Å². The first-order valence-corrected chi connectivity index (χ1v) is 11.8. The number of rotatable bonds is 11. The van der Waals surface area contributed by atoms with Crippen molar-refractivity contribution in [2.24, 2.45) is 5.16 Å². The fourth-order valence-corrected chi connectivity index (χ4v) is 4.88. The molecule has 9 nitrogen and oxygen atoms in total. The minimum Gasteiger partial charge on any atom is -0.494 e. The summed E-state index contributed by atoms with van der Waals surface area (Å²) < 4.78 is 34.2. The lowest BCUT2D eigenvalue weighted by Gasteiger charge is -2.20. The maximum absolute atomic E-state index is 12.8. The molecule has 0 amide bonds. The van der Waals surface area contributed by atoms with Gasteiger partial charge in [0.1, 0.15) is 18.2 Å². The van der Waals surface area contributed by atoms with E-state index in [2.05, 4.69) is 10.1 Å². The van der Waals surface area contributed by atoms with Crippen LogP contribution in [0.3, 0.4) is 0 Å². The summed E-state index contributed by atoms with van der Waals surface area (Å²) in [5, 5.41) is 3.83. The first-order chi connectivity index (χ1) is 15.0. The van der Waals surface area contributed by atoms with E-state index in [0.29, 0.717) is 44.4 Å². The molecule has 1 aliphatic rings. The molecular formula is C21H29N5O4S. The lowest BCUT2D eigenvalue weighted by atomic mass is 10.2.